The second kappa shape index (κ2) is 8.69. The van der Waals surface area contributed by atoms with Crippen LogP contribution in [0.2, 0.25) is 0 Å². The van der Waals surface area contributed by atoms with Crippen LogP contribution in [0.3, 0.4) is 0 Å². The molecule has 0 fully saturated rings. The van der Waals surface area contributed by atoms with Crippen molar-refractivity contribution in [1.82, 2.24) is 10.6 Å². The highest BCUT2D eigenvalue weighted by molar-refractivity contribution is 5.91. The molecule has 0 heterocycles. The Kier molecular flexibility index (Phi) is 6.33. The molecule has 0 aliphatic heterocycles. The van der Waals surface area contributed by atoms with Crippen LogP contribution in [0.1, 0.15) is 16.7 Å². The lowest BCUT2D eigenvalue weighted by molar-refractivity contribution is -0.119. The van der Waals surface area contributed by atoms with Gasteiger partial charge in [0.1, 0.15) is 0 Å². The molecule has 0 radical (unpaired) electrons. The number of anilines is 1. The molecule has 0 aromatic heterocycles. The molecule has 0 saturated heterocycles. The zero-order chi connectivity index (χ0) is 17.4. The zero-order valence-electron chi connectivity index (χ0n) is 13.5. The Balaban J connectivity index is 1.99. The van der Waals surface area contributed by atoms with Crippen LogP contribution < -0.4 is 16.0 Å². The molecule has 24 heavy (non-hydrogen) atoms. The van der Waals surface area contributed by atoms with Crippen LogP contribution in [-0.4, -0.2) is 24.1 Å². The number of nitrogens with one attached hydrogen (secondary N) is 3. The van der Waals surface area contributed by atoms with Crippen molar-refractivity contribution in [3.8, 4) is 0 Å². The predicted octanol–water partition coefficient (Wildman–Crippen LogP) is 1.79. The van der Waals surface area contributed by atoms with E-state index in [2.05, 4.69) is 16.0 Å². The van der Waals surface area contributed by atoms with Gasteiger partial charge in [0.15, 0.2) is 0 Å². The van der Waals surface area contributed by atoms with Gasteiger partial charge in [-0.2, -0.15) is 0 Å². The average Bonchev–Trinajstić information content (AvgIpc) is 2.61. The number of para-hydroxylation sites is 1. The SMILES string of the molecule is CNC(=O)Cc1ccccc1NC(=O)NCc1ccccc1CO. The van der Waals surface area contributed by atoms with E-state index in [1.54, 1.807) is 25.2 Å². The molecule has 2 aromatic rings. The summed E-state index contributed by atoms with van der Waals surface area (Å²) in [4.78, 5) is 23.6. The molecule has 0 aliphatic rings. The van der Waals surface area contributed by atoms with E-state index in [4.69, 9.17) is 0 Å². The summed E-state index contributed by atoms with van der Waals surface area (Å²) in [5.74, 6) is -0.124. The van der Waals surface area contributed by atoms with Crippen molar-refractivity contribution in [2.45, 2.75) is 19.6 Å². The van der Waals surface area contributed by atoms with Crippen molar-refractivity contribution in [2.24, 2.45) is 0 Å². The topological polar surface area (TPSA) is 90.5 Å². The lowest BCUT2D eigenvalue weighted by Gasteiger charge is -2.13. The van der Waals surface area contributed by atoms with Gasteiger partial charge in [-0.05, 0) is 22.8 Å². The van der Waals surface area contributed by atoms with Crippen LogP contribution in [0, 0.1) is 0 Å². The Bertz CT molecular complexity index is 716. The normalized spacial score (nSPS) is 10.1. The highest BCUT2D eigenvalue weighted by Gasteiger charge is 2.09. The molecule has 6 heteroatoms. The third-order valence-corrected chi connectivity index (χ3v) is 3.62. The minimum atomic E-state index is -0.368. The van der Waals surface area contributed by atoms with Gasteiger partial charge < -0.3 is 21.1 Å². The Morgan fingerprint density at radius 1 is 0.958 bits per heavy atom. The maximum Gasteiger partial charge on any atom is 0.319 e. The maximum atomic E-state index is 12.1. The van der Waals surface area contributed by atoms with Crippen molar-refractivity contribution in [1.29, 1.82) is 0 Å². The molecule has 0 spiro atoms. The zero-order valence-corrected chi connectivity index (χ0v) is 13.5. The van der Waals surface area contributed by atoms with Crippen molar-refractivity contribution in [3.63, 3.8) is 0 Å². The molecule has 3 amide bonds. The summed E-state index contributed by atoms with van der Waals surface area (Å²) in [6.07, 6.45) is 0.195. The molecule has 0 bridgehead atoms. The van der Waals surface area contributed by atoms with Crippen LogP contribution in [0.25, 0.3) is 0 Å². The van der Waals surface area contributed by atoms with Crippen LogP contribution in [-0.2, 0) is 24.4 Å². The first kappa shape index (κ1) is 17.5. The van der Waals surface area contributed by atoms with Crippen LogP contribution >= 0.6 is 0 Å². The highest BCUT2D eigenvalue weighted by atomic mass is 16.3. The number of carbonyl (C=O) groups excluding carboxylic acids is 2. The first-order valence-electron chi connectivity index (χ1n) is 7.65. The number of benzene rings is 2. The maximum absolute atomic E-state index is 12.1. The molecular formula is C18H21N3O3. The smallest absolute Gasteiger partial charge is 0.319 e. The van der Waals surface area contributed by atoms with Gasteiger partial charge in [-0.25, -0.2) is 4.79 Å². The van der Waals surface area contributed by atoms with Crippen LogP contribution in [0.4, 0.5) is 10.5 Å². The largest absolute Gasteiger partial charge is 0.392 e. The summed E-state index contributed by atoms with van der Waals surface area (Å²) in [5.41, 5.74) is 2.96. The minimum Gasteiger partial charge on any atom is -0.392 e. The van der Waals surface area contributed by atoms with E-state index in [0.717, 1.165) is 16.7 Å². The summed E-state index contributed by atoms with van der Waals surface area (Å²) >= 11 is 0. The quantitative estimate of drug-likeness (QED) is 0.652. The summed E-state index contributed by atoms with van der Waals surface area (Å²) in [7, 11) is 1.57. The monoisotopic (exact) mass is 327 g/mol. The summed E-state index contributed by atoms with van der Waals surface area (Å²) in [6, 6.07) is 14.1. The fraction of sp³-hybridized carbons (Fsp3) is 0.222. The number of hydrogen-bond donors (Lipinski definition) is 4. The van der Waals surface area contributed by atoms with Crippen molar-refractivity contribution < 1.29 is 14.7 Å². The number of hydrogen-bond acceptors (Lipinski definition) is 3. The molecule has 0 saturated carbocycles. The van der Waals surface area contributed by atoms with Crippen molar-refractivity contribution in [2.75, 3.05) is 12.4 Å². The van der Waals surface area contributed by atoms with Gasteiger partial charge in [-0.1, -0.05) is 42.5 Å². The van der Waals surface area contributed by atoms with Gasteiger partial charge in [0, 0.05) is 19.3 Å². The lowest BCUT2D eigenvalue weighted by Crippen LogP contribution is -2.29. The van der Waals surface area contributed by atoms with Gasteiger partial charge in [-0.3, -0.25) is 4.79 Å². The molecule has 2 aromatic carbocycles. The molecule has 0 unspecified atom stereocenters. The minimum absolute atomic E-state index is 0.0750. The number of aliphatic hydroxyl groups is 1. The summed E-state index contributed by atoms with van der Waals surface area (Å²) in [5, 5.41) is 17.4. The van der Waals surface area contributed by atoms with E-state index in [9.17, 15) is 14.7 Å². The van der Waals surface area contributed by atoms with Crippen molar-refractivity contribution >= 4 is 17.6 Å². The third-order valence-electron chi connectivity index (χ3n) is 3.62. The standard InChI is InChI=1S/C18H21N3O3/c1-19-17(23)10-13-6-4-5-9-16(13)21-18(24)20-11-14-7-2-3-8-15(14)12-22/h2-9,22H,10-12H2,1H3,(H,19,23)(H2,20,21,24). The number of urea groups is 1. The molecule has 0 aliphatic carbocycles. The van der Waals surface area contributed by atoms with E-state index >= 15 is 0 Å². The molecule has 126 valence electrons. The first-order chi connectivity index (χ1) is 11.6. The van der Waals surface area contributed by atoms with Crippen LogP contribution in [0.15, 0.2) is 48.5 Å². The fourth-order valence-electron chi connectivity index (χ4n) is 2.28. The van der Waals surface area contributed by atoms with E-state index in [1.807, 2.05) is 30.3 Å². The van der Waals surface area contributed by atoms with Crippen LogP contribution in [0.5, 0.6) is 0 Å². The fourth-order valence-corrected chi connectivity index (χ4v) is 2.28. The highest BCUT2D eigenvalue weighted by Crippen LogP contribution is 2.15. The van der Waals surface area contributed by atoms with E-state index < -0.39 is 0 Å². The Labute approximate surface area is 140 Å². The number of amides is 3. The molecule has 6 nitrogen and oxygen atoms in total. The second-order valence-corrected chi connectivity index (χ2v) is 5.24. The van der Waals surface area contributed by atoms with E-state index in [1.165, 1.54) is 0 Å². The van der Waals surface area contributed by atoms with Gasteiger partial charge in [0.2, 0.25) is 5.91 Å². The Morgan fingerprint density at radius 2 is 1.58 bits per heavy atom. The lowest BCUT2D eigenvalue weighted by atomic mass is 10.1. The third kappa shape index (κ3) is 4.82. The molecular weight excluding hydrogens is 306 g/mol. The summed E-state index contributed by atoms with van der Waals surface area (Å²) < 4.78 is 0. The van der Waals surface area contributed by atoms with Gasteiger partial charge in [0.05, 0.1) is 13.0 Å². The Morgan fingerprint density at radius 3 is 2.25 bits per heavy atom. The molecule has 0 atom stereocenters. The second-order valence-electron chi connectivity index (χ2n) is 5.24. The predicted molar refractivity (Wildman–Crippen MR) is 92.4 cm³/mol. The first-order valence-corrected chi connectivity index (χ1v) is 7.65. The van der Waals surface area contributed by atoms with E-state index in [0.29, 0.717) is 12.2 Å². The molecule has 2 rings (SSSR count). The van der Waals surface area contributed by atoms with E-state index in [-0.39, 0.29) is 25.0 Å². The number of likely N-dealkylation sites (N-methyl/N-ethyl adjacent to an activating group) is 1. The number of rotatable bonds is 6. The van der Waals surface area contributed by atoms with Gasteiger partial charge >= 0.3 is 6.03 Å². The Hall–Kier alpha value is -2.86. The van der Waals surface area contributed by atoms with Gasteiger partial charge in [-0.15, -0.1) is 0 Å². The van der Waals surface area contributed by atoms with Crippen molar-refractivity contribution in [3.05, 3.63) is 65.2 Å². The summed E-state index contributed by atoms with van der Waals surface area (Å²) in [6.45, 7) is 0.231. The molecule has 4 N–H and O–H groups in total. The number of aliphatic hydroxyl groups excluding tert-OH is 1. The average molecular weight is 327 g/mol. The number of carbonyl (C=O) groups is 2. The van der Waals surface area contributed by atoms with Gasteiger partial charge in [0.25, 0.3) is 0 Å².